The van der Waals surface area contributed by atoms with Crippen LogP contribution in [0.25, 0.3) is 10.9 Å². The molecule has 32 heavy (non-hydrogen) atoms. The Hall–Kier alpha value is -2.26. The maximum Gasteiger partial charge on any atom is 0.408 e. The molecule has 3 rings (SSSR count). The molecule has 1 aliphatic carbocycles. The minimum absolute atomic E-state index is 0.00451. The van der Waals surface area contributed by atoms with Gasteiger partial charge in [-0.15, -0.1) is 0 Å². The normalized spacial score (nSPS) is 22.0. The van der Waals surface area contributed by atoms with Gasteiger partial charge in [0.05, 0.1) is 11.8 Å². The summed E-state index contributed by atoms with van der Waals surface area (Å²) >= 11 is 6.03. The number of nitrogens with zero attached hydrogens (tertiary/aromatic N) is 1. The van der Waals surface area contributed by atoms with Crippen LogP contribution in [0.5, 0.6) is 0 Å². The molecule has 2 amide bonds. The molecule has 1 aromatic heterocycles. The molecular weight excluding hydrogens is 454 g/mol. The highest BCUT2D eigenvalue weighted by Crippen LogP contribution is 2.33. The largest absolute Gasteiger partial charge is 0.465 e. The molecule has 176 valence electrons. The number of halogens is 1. The number of aromatic amines is 1. The van der Waals surface area contributed by atoms with Crippen molar-refractivity contribution in [1.29, 1.82) is 0 Å². The van der Waals surface area contributed by atoms with Gasteiger partial charge in [0, 0.05) is 33.8 Å². The van der Waals surface area contributed by atoms with Gasteiger partial charge in [0.2, 0.25) is 0 Å². The van der Waals surface area contributed by atoms with Gasteiger partial charge in [-0.2, -0.15) is 0 Å². The number of fused-ring (bicyclic) bond motifs is 1. The predicted octanol–water partition coefficient (Wildman–Crippen LogP) is 3.91. The highest BCUT2D eigenvalue weighted by Gasteiger charge is 2.42. The third-order valence-electron chi connectivity index (χ3n) is 5.87. The summed E-state index contributed by atoms with van der Waals surface area (Å²) in [6.07, 6.45) is 1.54. The molecule has 3 N–H and O–H groups in total. The van der Waals surface area contributed by atoms with Crippen molar-refractivity contribution in [3.8, 4) is 0 Å². The first-order chi connectivity index (χ1) is 14.7. The number of H-pyrrole nitrogens is 1. The maximum absolute atomic E-state index is 13.0. The van der Waals surface area contributed by atoms with Gasteiger partial charge in [0.1, 0.15) is 15.5 Å². The Morgan fingerprint density at radius 1 is 1.25 bits per heavy atom. The Labute approximate surface area is 193 Å². The average molecular weight is 484 g/mol. The molecule has 8 nitrogen and oxygen atoms in total. The third-order valence-corrected chi connectivity index (χ3v) is 7.18. The van der Waals surface area contributed by atoms with Crippen molar-refractivity contribution in [3.63, 3.8) is 0 Å². The molecule has 0 saturated heterocycles. The molecule has 2 aromatic rings. The number of amides is 2. The number of carbonyl (C=O) groups is 2. The Morgan fingerprint density at radius 2 is 1.94 bits per heavy atom. The van der Waals surface area contributed by atoms with Gasteiger partial charge in [-0.3, -0.25) is 9.69 Å². The van der Waals surface area contributed by atoms with E-state index in [1.165, 1.54) is 11.2 Å². The second-order valence-corrected chi connectivity index (χ2v) is 12.3. The molecule has 0 spiro atoms. The van der Waals surface area contributed by atoms with Crippen LogP contribution in [0, 0.1) is 5.92 Å². The average Bonchev–Trinajstić information content (AvgIpc) is 3.04. The van der Waals surface area contributed by atoms with Gasteiger partial charge in [-0.05, 0) is 70.2 Å². The number of rotatable bonds is 5. The summed E-state index contributed by atoms with van der Waals surface area (Å²) < 4.78 is 23.7. The van der Waals surface area contributed by atoms with Crippen LogP contribution in [0.4, 0.5) is 4.79 Å². The van der Waals surface area contributed by atoms with E-state index in [1.807, 2.05) is 0 Å². The molecule has 3 atom stereocenters. The van der Waals surface area contributed by atoms with Crippen LogP contribution in [-0.2, 0) is 9.84 Å². The van der Waals surface area contributed by atoms with E-state index in [-0.39, 0.29) is 17.6 Å². The van der Waals surface area contributed by atoms with E-state index in [0.29, 0.717) is 30.0 Å². The molecular formula is C22H30ClN3O5S. The number of benzene rings is 1. The summed E-state index contributed by atoms with van der Waals surface area (Å²) in [5.41, 5.74) is 0.413. The van der Waals surface area contributed by atoms with E-state index < -0.39 is 33.6 Å². The van der Waals surface area contributed by atoms with Crippen LogP contribution < -0.4 is 5.32 Å². The maximum atomic E-state index is 13.0. The summed E-state index contributed by atoms with van der Waals surface area (Å²) in [4.78, 5) is 29.6. The van der Waals surface area contributed by atoms with Gasteiger partial charge >= 0.3 is 6.09 Å². The smallest absolute Gasteiger partial charge is 0.408 e. The molecule has 0 unspecified atom stereocenters. The summed E-state index contributed by atoms with van der Waals surface area (Å²) in [7, 11) is -3.20. The van der Waals surface area contributed by atoms with Crippen molar-refractivity contribution < 1.29 is 23.1 Å². The molecule has 10 heteroatoms. The van der Waals surface area contributed by atoms with E-state index in [1.54, 1.807) is 45.0 Å². The van der Waals surface area contributed by atoms with E-state index in [9.17, 15) is 23.1 Å². The summed E-state index contributed by atoms with van der Waals surface area (Å²) in [6.45, 7) is 5.38. The molecule has 1 fully saturated rings. The summed E-state index contributed by atoms with van der Waals surface area (Å²) in [6, 6.07) is 6.00. The summed E-state index contributed by atoms with van der Waals surface area (Å²) in [5.74, 6) is -0.499. The zero-order chi connectivity index (χ0) is 23.8. The van der Waals surface area contributed by atoms with Gasteiger partial charge in [-0.25, -0.2) is 13.2 Å². The van der Waals surface area contributed by atoms with E-state index >= 15 is 0 Å². The Kier molecular flexibility index (Phi) is 6.81. The molecule has 1 aromatic carbocycles. The first kappa shape index (κ1) is 24.4. The van der Waals surface area contributed by atoms with Crippen molar-refractivity contribution in [2.45, 2.75) is 57.7 Å². The van der Waals surface area contributed by atoms with Crippen LogP contribution in [0.3, 0.4) is 0 Å². The quantitative estimate of drug-likeness (QED) is 0.595. The van der Waals surface area contributed by atoms with Crippen molar-refractivity contribution in [3.05, 3.63) is 35.0 Å². The minimum Gasteiger partial charge on any atom is -0.465 e. The van der Waals surface area contributed by atoms with Gasteiger partial charge in [0.15, 0.2) is 0 Å². The first-order valence-corrected chi connectivity index (χ1v) is 13.0. The lowest BCUT2D eigenvalue weighted by atomic mass is 9.81. The highest BCUT2D eigenvalue weighted by molar-refractivity contribution is 7.90. The molecule has 1 saturated carbocycles. The molecule has 1 heterocycles. The lowest BCUT2D eigenvalue weighted by molar-refractivity contribution is 0.0324. The van der Waals surface area contributed by atoms with E-state index in [4.69, 9.17) is 11.6 Å². The predicted molar refractivity (Wildman–Crippen MR) is 125 cm³/mol. The second kappa shape index (κ2) is 8.94. The number of sulfone groups is 1. The van der Waals surface area contributed by atoms with Crippen LogP contribution in [0.15, 0.2) is 24.3 Å². The second-order valence-electron chi connectivity index (χ2n) is 9.66. The Balaban J connectivity index is 1.87. The van der Waals surface area contributed by atoms with Crippen molar-refractivity contribution >= 4 is 44.3 Å². The number of hydrogen-bond donors (Lipinski definition) is 3. The zero-order valence-corrected chi connectivity index (χ0v) is 20.3. The number of carbonyl (C=O) groups excluding carboxylic acids is 1. The van der Waals surface area contributed by atoms with Gasteiger partial charge in [-0.1, -0.05) is 11.6 Å². The Bertz CT molecular complexity index is 1120. The number of hydrogen-bond acceptors (Lipinski definition) is 4. The fourth-order valence-electron chi connectivity index (χ4n) is 4.66. The molecule has 0 bridgehead atoms. The lowest BCUT2D eigenvalue weighted by Gasteiger charge is -2.47. The molecule has 1 aliphatic rings. The fraction of sp³-hybridized carbons (Fsp3) is 0.545. The number of aromatic nitrogens is 1. The number of nitrogens with one attached hydrogen (secondary N) is 2. The van der Waals surface area contributed by atoms with Crippen LogP contribution >= 0.6 is 11.6 Å². The highest BCUT2D eigenvalue weighted by atomic mass is 35.5. The Morgan fingerprint density at radius 3 is 2.53 bits per heavy atom. The van der Waals surface area contributed by atoms with Crippen molar-refractivity contribution in [2.24, 2.45) is 5.92 Å². The van der Waals surface area contributed by atoms with Crippen molar-refractivity contribution in [2.75, 3.05) is 12.0 Å². The fourth-order valence-corrected chi connectivity index (χ4v) is 6.00. The first-order valence-electron chi connectivity index (χ1n) is 10.5. The monoisotopic (exact) mass is 483 g/mol. The number of carboxylic acid groups (broad SMARTS) is 1. The zero-order valence-electron chi connectivity index (χ0n) is 18.7. The van der Waals surface area contributed by atoms with Crippen LogP contribution in [0.1, 0.15) is 50.5 Å². The SMILES string of the molecule is CC(C)(C)N(C(=O)O)[C@@H]1C[C@@H](CS(C)(=O)=O)CC[C@@H]1NC(=O)c1cc2cc(Cl)ccc2[nH]1. The van der Waals surface area contributed by atoms with Crippen LogP contribution in [0.2, 0.25) is 5.02 Å². The van der Waals surface area contributed by atoms with E-state index in [2.05, 4.69) is 10.3 Å². The van der Waals surface area contributed by atoms with Crippen molar-refractivity contribution in [1.82, 2.24) is 15.2 Å². The topological polar surface area (TPSA) is 120 Å². The van der Waals surface area contributed by atoms with Gasteiger partial charge < -0.3 is 15.4 Å². The molecule has 0 aliphatic heterocycles. The lowest BCUT2D eigenvalue weighted by Crippen LogP contribution is -2.61. The minimum atomic E-state index is -3.20. The summed E-state index contributed by atoms with van der Waals surface area (Å²) in [5, 5.41) is 14.3. The van der Waals surface area contributed by atoms with E-state index in [0.717, 1.165) is 10.9 Å². The molecule has 0 radical (unpaired) electrons. The third kappa shape index (κ3) is 5.75. The standard InChI is InChI=1S/C22H30ClN3O5S/c1-22(2,3)26(21(28)29)19-9-13(12-32(4,30)31)5-7-17(19)25-20(27)18-11-14-10-15(23)6-8-16(14)24-18/h6,8,10-11,13,17,19,24H,5,7,9,12H2,1-4H3,(H,25,27)(H,28,29)/t13-,17-,19+/m0/s1. The van der Waals surface area contributed by atoms with Crippen LogP contribution in [-0.4, -0.2) is 65.0 Å². The van der Waals surface area contributed by atoms with Gasteiger partial charge in [0.25, 0.3) is 5.91 Å².